The third-order valence-corrected chi connectivity index (χ3v) is 5.88. The molecule has 0 bridgehead atoms. The molecule has 0 saturated carbocycles. The maximum absolute atomic E-state index is 11.7. The zero-order valence-electron chi connectivity index (χ0n) is 15.0. The van der Waals surface area contributed by atoms with Crippen molar-refractivity contribution in [2.45, 2.75) is 50.2 Å². The summed E-state index contributed by atoms with van der Waals surface area (Å²) < 4.78 is 28.3. The van der Waals surface area contributed by atoms with Crippen LogP contribution in [-0.4, -0.2) is 44.1 Å². The molecular weight excluding hydrogens is 490 g/mol. The number of nitrogens with two attached hydrogens (primary N) is 2. The second kappa shape index (κ2) is 9.50. The van der Waals surface area contributed by atoms with Crippen molar-refractivity contribution in [2.24, 2.45) is 10.9 Å². The molecule has 0 aliphatic carbocycles. The highest BCUT2D eigenvalue weighted by molar-refractivity contribution is 9.11. The van der Waals surface area contributed by atoms with Crippen molar-refractivity contribution in [1.82, 2.24) is 4.90 Å². The molecule has 1 aromatic carbocycles. The number of nitrogens with zero attached hydrogens (tertiary/aromatic N) is 1. The predicted molar refractivity (Wildman–Crippen MR) is 108 cm³/mol. The fraction of sp³-hybridized carbons (Fsp3) is 0.562. The Bertz CT molecular complexity index is 736. The van der Waals surface area contributed by atoms with Gasteiger partial charge in [0.1, 0.15) is 5.60 Å². The first kappa shape index (κ1) is 23.4. The van der Waals surface area contributed by atoms with E-state index in [2.05, 4.69) is 31.9 Å². The number of primary sulfonamides is 1. The van der Waals surface area contributed by atoms with Crippen molar-refractivity contribution in [3.05, 3.63) is 27.1 Å². The number of rotatable bonds is 2. The Morgan fingerprint density at radius 3 is 2.42 bits per heavy atom. The van der Waals surface area contributed by atoms with Crippen molar-refractivity contribution in [3.8, 4) is 0 Å². The number of likely N-dealkylation sites (tertiary alicyclic amines) is 1. The Morgan fingerprint density at radius 2 is 1.96 bits per heavy atom. The van der Waals surface area contributed by atoms with Gasteiger partial charge < -0.3 is 15.4 Å². The third-order valence-electron chi connectivity index (χ3n) is 3.48. The van der Waals surface area contributed by atoms with E-state index in [0.717, 1.165) is 19.4 Å². The molecule has 1 amide bonds. The van der Waals surface area contributed by atoms with Gasteiger partial charge in [-0.05, 0) is 67.7 Å². The average Bonchev–Trinajstić information content (AvgIpc) is 2.96. The maximum atomic E-state index is 11.7. The summed E-state index contributed by atoms with van der Waals surface area (Å²) in [6.07, 6.45) is 1.79. The minimum absolute atomic E-state index is 0.0804. The summed E-state index contributed by atoms with van der Waals surface area (Å²) in [7, 11) is -3.63. The van der Waals surface area contributed by atoms with Crippen molar-refractivity contribution in [1.29, 1.82) is 0 Å². The van der Waals surface area contributed by atoms with Gasteiger partial charge in [0.25, 0.3) is 0 Å². The molecule has 1 aromatic rings. The Hall–Kier alpha value is -0.680. The molecule has 1 saturated heterocycles. The van der Waals surface area contributed by atoms with Crippen molar-refractivity contribution in [2.75, 3.05) is 13.1 Å². The van der Waals surface area contributed by atoms with E-state index >= 15 is 0 Å². The van der Waals surface area contributed by atoms with Crippen LogP contribution in [0.25, 0.3) is 0 Å². The van der Waals surface area contributed by atoms with Crippen LogP contribution in [0.15, 0.2) is 32.0 Å². The van der Waals surface area contributed by atoms with Crippen LogP contribution in [0.5, 0.6) is 0 Å². The molecule has 10 heteroatoms. The van der Waals surface area contributed by atoms with Gasteiger partial charge in [-0.25, -0.2) is 18.4 Å². The van der Waals surface area contributed by atoms with Crippen LogP contribution < -0.4 is 10.9 Å². The first-order valence-electron chi connectivity index (χ1n) is 8.02. The first-order valence-corrected chi connectivity index (χ1v) is 11.2. The first-order chi connectivity index (χ1) is 11.8. The third kappa shape index (κ3) is 7.51. The van der Waals surface area contributed by atoms with E-state index in [-0.39, 0.29) is 17.0 Å². The maximum Gasteiger partial charge on any atom is 0.410 e. The minimum Gasteiger partial charge on any atom is -0.444 e. The minimum atomic E-state index is -3.63. The summed E-state index contributed by atoms with van der Waals surface area (Å²) in [4.78, 5) is 13.5. The van der Waals surface area contributed by atoms with Gasteiger partial charge >= 0.3 is 6.09 Å². The van der Waals surface area contributed by atoms with Crippen molar-refractivity contribution < 1.29 is 17.9 Å². The Labute approximate surface area is 171 Å². The largest absolute Gasteiger partial charge is 0.444 e. The fourth-order valence-electron chi connectivity index (χ4n) is 2.34. The number of carbonyl (C=O) groups is 1. The van der Waals surface area contributed by atoms with Crippen molar-refractivity contribution in [3.63, 3.8) is 0 Å². The summed E-state index contributed by atoms with van der Waals surface area (Å²) in [5, 5.41) is 4.95. The van der Waals surface area contributed by atoms with E-state index in [9.17, 15) is 13.2 Å². The highest BCUT2D eigenvalue weighted by Crippen LogP contribution is 2.24. The molecule has 0 unspecified atom stereocenters. The molecule has 1 aliphatic heterocycles. The number of ether oxygens (including phenoxy) is 1. The molecule has 0 radical (unpaired) electrons. The van der Waals surface area contributed by atoms with E-state index in [1.807, 2.05) is 20.8 Å². The predicted octanol–water partition coefficient (Wildman–Crippen LogP) is 3.20. The lowest BCUT2D eigenvalue weighted by atomic mass is 10.2. The quantitative estimate of drug-likeness (QED) is 0.628. The zero-order chi connectivity index (χ0) is 20.1. The number of hydrogen-bond donors (Lipinski definition) is 2. The Kier molecular flexibility index (Phi) is 8.53. The molecule has 1 atom stereocenters. The van der Waals surface area contributed by atoms with Gasteiger partial charge in [-0.15, -0.1) is 0 Å². The molecule has 148 valence electrons. The molecule has 1 fully saturated rings. The smallest absolute Gasteiger partial charge is 0.410 e. The summed E-state index contributed by atoms with van der Waals surface area (Å²) in [6.45, 7) is 6.92. The summed E-state index contributed by atoms with van der Waals surface area (Å²) in [5.74, 6) is 0. The second-order valence-electron chi connectivity index (χ2n) is 6.83. The van der Waals surface area contributed by atoms with Crippen LogP contribution in [-0.2, 0) is 14.8 Å². The molecule has 26 heavy (non-hydrogen) atoms. The van der Waals surface area contributed by atoms with Crippen molar-refractivity contribution >= 4 is 48.0 Å². The zero-order valence-corrected chi connectivity index (χ0v) is 19.0. The molecule has 0 spiro atoms. The average molecular weight is 515 g/mol. The Morgan fingerprint density at radius 1 is 1.35 bits per heavy atom. The molecule has 1 heterocycles. The van der Waals surface area contributed by atoms with E-state index in [0.29, 0.717) is 15.5 Å². The number of benzene rings is 1. The SMILES string of the molecule is CC(C)(C)OC(=O)N1CCC[C@@H]1CN.NS(=O)(=O)c1cc(Br)ccc1Br. The van der Waals surface area contributed by atoms with Gasteiger partial charge in [0.05, 0.1) is 4.90 Å². The van der Waals surface area contributed by atoms with Gasteiger partial charge in [0.15, 0.2) is 0 Å². The molecule has 0 aromatic heterocycles. The van der Waals surface area contributed by atoms with E-state index < -0.39 is 15.6 Å². The highest BCUT2D eigenvalue weighted by Gasteiger charge is 2.30. The van der Waals surface area contributed by atoms with E-state index in [1.165, 1.54) is 6.07 Å². The standard InChI is InChI=1S/C10H20N2O2.C6H5Br2NO2S/c1-10(2,3)14-9(13)12-6-4-5-8(12)7-11;7-4-1-2-5(8)6(3-4)12(9,10)11/h8H,4-7,11H2,1-3H3;1-3H,(H2,9,10,11)/t8-;/m1./s1. The number of hydrogen-bond acceptors (Lipinski definition) is 5. The van der Waals surface area contributed by atoms with E-state index in [4.69, 9.17) is 15.6 Å². The van der Waals surface area contributed by atoms with Crippen LogP contribution in [0.1, 0.15) is 33.6 Å². The lowest BCUT2D eigenvalue weighted by molar-refractivity contribution is 0.0232. The molecule has 7 nitrogen and oxygen atoms in total. The summed E-state index contributed by atoms with van der Waals surface area (Å²) in [6, 6.07) is 4.95. The lowest BCUT2D eigenvalue weighted by Gasteiger charge is -2.27. The monoisotopic (exact) mass is 513 g/mol. The van der Waals surface area contributed by atoms with Crippen LogP contribution in [0.4, 0.5) is 4.79 Å². The summed E-state index contributed by atoms with van der Waals surface area (Å²) in [5.41, 5.74) is 5.16. The van der Waals surface area contributed by atoms with Gasteiger partial charge in [0, 0.05) is 28.1 Å². The number of sulfonamides is 1. The number of carbonyl (C=O) groups excluding carboxylic acids is 1. The van der Waals surface area contributed by atoms with Gasteiger partial charge in [0.2, 0.25) is 10.0 Å². The molecule has 2 rings (SSSR count). The van der Waals surface area contributed by atoms with Crippen LogP contribution in [0.2, 0.25) is 0 Å². The highest BCUT2D eigenvalue weighted by atomic mass is 79.9. The van der Waals surface area contributed by atoms with E-state index in [1.54, 1.807) is 17.0 Å². The lowest BCUT2D eigenvalue weighted by Crippen LogP contribution is -2.42. The topological polar surface area (TPSA) is 116 Å². The number of halogens is 2. The molecule has 4 N–H and O–H groups in total. The van der Waals surface area contributed by atoms with Gasteiger partial charge in [-0.2, -0.15) is 0 Å². The fourth-order valence-corrected chi connectivity index (χ4v) is 4.40. The molecule has 1 aliphatic rings. The van der Waals surface area contributed by atoms with Crippen LogP contribution >= 0.6 is 31.9 Å². The summed E-state index contributed by atoms with van der Waals surface area (Å²) >= 11 is 6.23. The normalized spacial score (nSPS) is 17.5. The van der Waals surface area contributed by atoms with Gasteiger partial charge in [-0.3, -0.25) is 0 Å². The number of amides is 1. The Balaban J connectivity index is 0.000000263. The van der Waals surface area contributed by atoms with Gasteiger partial charge in [-0.1, -0.05) is 15.9 Å². The second-order valence-corrected chi connectivity index (χ2v) is 10.1. The molecular formula is C16H25Br2N3O4S. The van der Waals surface area contributed by atoms with Crippen LogP contribution in [0, 0.1) is 0 Å². The van der Waals surface area contributed by atoms with Crippen LogP contribution in [0.3, 0.4) is 0 Å².